The SMILES string of the molecule is CO[C@H]1CCN(c2cnc(C(=O)N(C)c3cnc4ccc(N5C[C@@H](F)C[C@@H]5c5cc(F)ccc5F)nn34)cn2)C1. The summed E-state index contributed by atoms with van der Waals surface area (Å²) in [6, 6.07) is 5.73. The first-order valence-corrected chi connectivity index (χ1v) is 12.9. The van der Waals surface area contributed by atoms with Crippen LogP contribution < -0.4 is 14.7 Å². The molecule has 2 aliphatic heterocycles. The van der Waals surface area contributed by atoms with Crippen molar-refractivity contribution < 1.29 is 22.7 Å². The van der Waals surface area contributed by atoms with Crippen molar-refractivity contribution in [3.8, 4) is 0 Å². The van der Waals surface area contributed by atoms with Crippen LogP contribution >= 0.6 is 0 Å². The maximum absolute atomic E-state index is 14.6. The van der Waals surface area contributed by atoms with Crippen molar-refractivity contribution in [1.82, 2.24) is 24.6 Å². The Bertz CT molecular complexity index is 1550. The minimum atomic E-state index is -1.25. The number of alkyl halides is 1. The second-order valence-electron chi connectivity index (χ2n) is 9.96. The minimum Gasteiger partial charge on any atom is -0.380 e. The second kappa shape index (κ2) is 10.4. The lowest BCUT2D eigenvalue weighted by atomic mass is 10.0. The van der Waals surface area contributed by atoms with Gasteiger partial charge in [0.1, 0.15) is 35.1 Å². The molecule has 5 heterocycles. The largest absolute Gasteiger partial charge is 0.380 e. The first-order valence-electron chi connectivity index (χ1n) is 12.9. The molecular formula is C27H27F3N8O2. The lowest BCUT2D eigenvalue weighted by Crippen LogP contribution is -2.30. The van der Waals surface area contributed by atoms with Crippen molar-refractivity contribution in [2.45, 2.75) is 31.2 Å². The third kappa shape index (κ3) is 4.70. The maximum Gasteiger partial charge on any atom is 0.279 e. The molecule has 0 spiro atoms. The molecule has 1 amide bonds. The van der Waals surface area contributed by atoms with Crippen molar-refractivity contribution in [1.29, 1.82) is 0 Å². The highest BCUT2D eigenvalue weighted by molar-refractivity contribution is 6.03. The summed E-state index contributed by atoms with van der Waals surface area (Å²) in [4.78, 5) is 31.4. The molecule has 0 radical (unpaired) electrons. The zero-order valence-electron chi connectivity index (χ0n) is 21.9. The summed E-state index contributed by atoms with van der Waals surface area (Å²) in [6.07, 6.45) is 4.27. The van der Waals surface area contributed by atoms with Gasteiger partial charge in [0.2, 0.25) is 0 Å². The predicted molar refractivity (Wildman–Crippen MR) is 141 cm³/mol. The van der Waals surface area contributed by atoms with Gasteiger partial charge in [0.25, 0.3) is 5.91 Å². The van der Waals surface area contributed by atoms with Crippen LogP contribution in [0.3, 0.4) is 0 Å². The van der Waals surface area contributed by atoms with Gasteiger partial charge in [-0.15, -0.1) is 5.10 Å². The molecule has 0 saturated carbocycles. The van der Waals surface area contributed by atoms with Gasteiger partial charge in [0, 0.05) is 39.2 Å². The van der Waals surface area contributed by atoms with Gasteiger partial charge in [0.05, 0.1) is 37.3 Å². The van der Waals surface area contributed by atoms with E-state index in [1.807, 2.05) is 0 Å². The summed E-state index contributed by atoms with van der Waals surface area (Å²) in [7, 11) is 3.25. The highest BCUT2D eigenvalue weighted by atomic mass is 19.1. The molecular weight excluding hydrogens is 525 g/mol. The normalized spacial score (nSPS) is 21.0. The fourth-order valence-corrected chi connectivity index (χ4v) is 5.34. The minimum absolute atomic E-state index is 0.00647. The third-order valence-electron chi connectivity index (χ3n) is 7.50. The summed E-state index contributed by atoms with van der Waals surface area (Å²) in [5.41, 5.74) is 0.654. The van der Waals surface area contributed by atoms with Crippen molar-refractivity contribution in [2.75, 3.05) is 48.5 Å². The highest BCUT2D eigenvalue weighted by Gasteiger charge is 2.36. The van der Waals surface area contributed by atoms with Crippen LogP contribution in [0.1, 0.15) is 34.9 Å². The number of benzene rings is 1. The van der Waals surface area contributed by atoms with Crippen LogP contribution in [0, 0.1) is 11.6 Å². The number of anilines is 3. The Morgan fingerprint density at radius 2 is 1.90 bits per heavy atom. The summed E-state index contributed by atoms with van der Waals surface area (Å²) >= 11 is 0. The second-order valence-corrected chi connectivity index (χ2v) is 9.96. The van der Waals surface area contributed by atoms with E-state index in [9.17, 15) is 18.0 Å². The zero-order chi connectivity index (χ0) is 28.0. The number of halogens is 3. The summed E-state index contributed by atoms with van der Waals surface area (Å²) in [5.74, 6) is -0.287. The Kier molecular flexibility index (Phi) is 6.74. The highest BCUT2D eigenvalue weighted by Crippen LogP contribution is 2.38. The molecule has 0 aliphatic carbocycles. The van der Waals surface area contributed by atoms with Crippen LogP contribution in [-0.2, 0) is 4.74 Å². The van der Waals surface area contributed by atoms with Gasteiger partial charge in [-0.3, -0.25) is 9.69 Å². The maximum atomic E-state index is 14.6. The molecule has 208 valence electrons. The molecule has 6 rings (SSSR count). The Morgan fingerprint density at radius 3 is 2.65 bits per heavy atom. The van der Waals surface area contributed by atoms with Crippen molar-refractivity contribution in [3.63, 3.8) is 0 Å². The van der Waals surface area contributed by atoms with E-state index in [0.29, 0.717) is 29.6 Å². The zero-order valence-corrected chi connectivity index (χ0v) is 21.9. The van der Waals surface area contributed by atoms with Gasteiger partial charge < -0.3 is 14.5 Å². The Labute approximate surface area is 228 Å². The fraction of sp³-hybridized carbons (Fsp3) is 0.370. The van der Waals surface area contributed by atoms with Crippen LogP contribution in [0.15, 0.2) is 48.9 Å². The Hall–Kier alpha value is -4.26. The van der Waals surface area contributed by atoms with Crippen LogP contribution in [-0.4, -0.2) is 76.5 Å². The molecule has 2 aliphatic rings. The average Bonchev–Trinajstić information content (AvgIpc) is 3.71. The van der Waals surface area contributed by atoms with E-state index in [1.54, 1.807) is 37.4 Å². The lowest BCUT2D eigenvalue weighted by Gasteiger charge is -2.26. The number of amides is 1. The molecule has 1 aromatic carbocycles. The Balaban J connectivity index is 1.26. The molecule has 0 unspecified atom stereocenters. The first kappa shape index (κ1) is 26.0. The molecule has 40 heavy (non-hydrogen) atoms. The van der Waals surface area contributed by atoms with E-state index in [4.69, 9.17) is 4.74 Å². The predicted octanol–water partition coefficient (Wildman–Crippen LogP) is 3.59. The molecule has 13 heteroatoms. The molecule has 4 aromatic rings. The molecule has 10 nitrogen and oxygen atoms in total. The number of ether oxygens (including phenoxy) is 1. The third-order valence-corrected chi connectivity index (χ3v) is 7.50. The summed E-state index contributed by atoms with van der Waals surface area (Å²) < 4.78 is 49.9. The van der Waals surface area contributed by atoms with E-state index >= 15 is 0 Å². The smallest absolute Gasteiger partial charge is 0.279 e. The van der Waals surface area contributed by atoms with Gasteiger partial charge in [-0.2, -0.15) is 4.52 Å². The van der Waals surface area contributed by atoms with Gasteiger partial charge in [-0.1, -0.05) is 0 Å². The van der Waals surface area contributed by atoms with E-state index in [2.05, 4.69) is 25.0 Å². The number of methoxy groups -OCH3 is 1. The Morgan fingerprint density at radius 1 is 1.05 bits per heavy atom. The van der Waals surface area contributed by atoms with Crippen LogP contribution in [0.5, 0.6) is 0 Å². The van der Waals surface area contributed by atoms with Crippen molar-refractivity contribution in [3.05, 3.63) is 71.8 Å². The molecule has 0 N–H and O–H groups in total. The molecule has 3 aromatic heterocycles. The number of carbonyl (C=O) groups excluding carboxylic acids is 1. The van der Waals surface area contributed by atoms with Crippen molar-refractivity contribution in [2.24, 2.45) is 0 Å². The number of carbonyl (C=O) groups is 1. The number of rotatable bonds is 6. The van der Waals surface area contributed by atoms with Gasteiger partial charge in [-0.05, 0) is 36.8 Å². The van der Waals surface area contributed by atoms with Crippen molar-refractivity contribution >= 4 is 29.0 Å². The number of hydrogen-bond donors (Lipinski definition) is 0. The van der Waals surface area contributed by atoms with E-state index in [0.717, 1.165) is 31.2 Å². The van der Waals surface area contributed by atoms with Gasteiger partial charge >= 0.3 is 0 Å². The van der Waals surface area contributed by atoms with Gasteiger partial charge in [-0.25, -0.2) is 28.1 Å². The number of imidazole rings is 1. The summed E-state index contributed by atoms with van der Waals surface area (Å²) in [5, 5.41) is 4.61. The number of hydrogen-bond acceptors (Lipinski definition) is 8. The number of nitrogens with zero attached hydrogens (tertiary/aromatic N) is 8. The van der Waals surface area contributed by atoms with Gasteiger partial charge in [0.15, 0.2) is 11.5 Å². The van der Waals surface area contributed by atoms with E-state index in [1.165, 1.54) is 21.8 Å². The number of fused-ring (bicyclic) bond motifs is 1. The molecule has 0 bridgehead atoms. The average molecular weight is 553 g/mol. The first-order chi connectivity index (χ1) is 19.3. The fourth-order valence-electron chi connectivity index (χ4n) is 5.34. The topological polar surface area (TPSA) is 92.0 Å². The van der Waals surface area contributed by atoms with Crippen LogP contribution in [0.4, 0.5) is 30.6 Å². The molecule has 2 fully saturated rings. The number of aromatic nitrogens is 5. The molecule has 3 atom stereocenters. The lowest BCUT2D eigenvalue weighted by molar-refractivity contribution is 0.0986. The summed E-state index contributed by atoms with van der Waals surface area (Å²) in [6.45, 7) is 1.46. The quantitative estimate of drug-likeness (QED) is 0.359. The van der Waals surface area contributed by atoms with Crippen LogP contribution in [0.2, 0.25) is 0 Å². The van der Waals surface area contributed by atoms with E-state index in [-0.39, 0.29) is 30.3 Å². The van der Waals surface area contributed by atoms with Crippen LogP contribution in [0.25, 0.3) is 5.65 Å². The standard InChI is InChI=1S/C27H27F3N8O2/c1-35(27(39)21-11-32-25(12-31-21)36-8-7-18(15-36)40-2)26-13-33-23-5-6-24(34-38(23)26)37-14-17(29)10-22(37)19-9-16(28)3-4-20(19)30/h3-6,9,11-13,17-18,22H,7-8,10,14-15H2,1-2H3/t17-,18-,22+/m0/s1. The molecule has 2 saturated heterocycles. The monoisotopic (exact) mass is 552 g/mol. The van der Waals surface area contributed by atoms with E-state index < -0.39 is 29.8 Å².